The Hall–Kier alpha value is -3.30. The molecule has 0 aromatic heterocycles. The number of anilines is 1. The maximum absolute atomic E-state index is 12.6. The number of carboxylic acids is 1. The summed E-state index contributed by atoms with van der Waals surface area (Å²) in [6.45, 7) is 0.208. The maximum Gasteiger partial charge on any atom is 0.303 e. The Balaban J connectivity index is 0.00000320. The minimum absolute atomic E-state index is 0. The third-order valence-corrected chi connectivity index (χ3v) is 5.04. The van der Waals surface area contributed by atoms with Crippen molar-refractivity contribution in [3.63, 3.8) is 0 Å². The number of fused-ring (bicyclic) bond motifs is 1. The SMILES string of the molecule is C#CCN=C(N)c1ccc(C(=O)Nc2ccc3c(c2)CC(CC(=O)O)CC3)cc1.Cl. The molecule has 1 aliphatic rings. The predicted octanol–water partition coefficient (Wildman–Crippen LogP) is 3.28. The smallest absolute Gasteiger partial charge is 0.303 e. The molecular weight excluding hydrogens is 402 g/mol. The van der Waals surface area contributed by atoms with Gasteiger partial charge in [-0.05, 0) is 60.6 Å². The Morgan fingerprint density at radius 2 is 1.87 bits per heavy atom. The number of amidine groups is 1. The third-order valence-electron chi connectivity index (χ3n) is 5.04. The van der Waals surface area contributed by atoms with Crippen LogP contribution in [0.5, 0.6) is 0 Å². The van der Waals surface area contributed by atoms with Crippen LogP contribution >= 0.6 is 12.4 Å². The summed E-state index contributed by atoms with van der Waals surface area (Å²) < 4.78 is 0. The average molecular weight is 426 g/mol. The lowest BCUT2D eigenvalue weighted by atomic mass is 9.82. The summed E-state index contributed by atoms with van der Waals surface area (Å²) >= 11 is 0. The minimum Gasteiger partial charge on any atom is -0.481 e. The molecule has 0 heterocycles. The molecule has 30 heavy (non-hydrogen) atoms. The van der Waals surface area contributed by atoms with Gasteiger partial charge in [0.05, 0.1) is 0 Å². The minimum atomic E-state index is -0.767. The lowest BCUT2D eigenvalue weighted by molar-refractivity contribution is -0.138. The van der Waals surface area contributed by atoms with Crippen molar-refractivity contribution in [3.8, 4) is 12.3 Å². The van der Waals surface area contributed by atoms with Crippen LogP contribution in [-0.2, 0) is 17.6 Å². The molecular formula is C23H24ClN3O3. The number of benzene rings is 2. The van der Waals surface area contributed by atoms with Gasteiger partial charge in [-0.2, -0.15) is 0 Å². The van der Waals surface area contributed by atoms with E-state index in [1.165, 1.54) is 5.56 Å². The fourth-order valence-electron chi connectivity index (χ4n) is 3.55. The number of halogens is 1. The Morgan fingerprint density at radius 1 is 1.17 bits per heavy atom. The van der Waals surface area contributed by atoms with Crippen LogP contribution in [0, 0.1) is 18.3 Å². The molecule has 0 bridgehead atoms. The standard InChI is InChI=1S/C23H23N3O3.ClH/c1-2-11-25-22(24)17-5-7-18(8-6-17)23(29)26-20-10-9-16-4-3-15(13-21(27)28)12-19(16)14-20;/h1,5-10,14-15H,3-4,11-13H2,(H2,24,25)(H,26,29)(H,27,28);1H. The normalized spacial score (nSPS) is 15.3. The Morgan fingerprint density at radius 3 is 2.53 bits per heavy atom. The quantitative estimate of drug-likeness (QED) is 0.375. The molecule has 7 heteroatoms. The molecule has 0 radical (unpaired) electrons. The fraction of sp³-hybridized carbons (Fsp3) is 0.261. The summed E-state index contributed by atoms with van der Waals surface area (Å²) in [6, 6.07) is 12.7. The second-order valence-electron chi connectivity index (χ2n) is 7.13. The van der Waals surface area contributed by atoms with Crippen molar-refractivity contribution in [2.24, 2.45) is 16.6 Å². The number of nitrogens with one attached hydrogen (secondary N) is 1. The monoisotopic (exact) mass is 425 g/mol. The van der Waals surface area contributed by atoms with Crippen LogP contribution in [0.3, 0.4) is 0 Å². The van der Waals surface area contributed by atoms with Crippen molar-refractivity contribution in [1.29, 1.82) is 0 Å². The van der Waals surface area contributed by atoms with E-state index in [-0.39, 0.29) is 37.2 Å². The van der Waals surface area contributed by atoms with Crippen molar-refractivity contribution < 1.29 is 14.7 Å². The summed E-state index contributed by atoms with van der Waals surface area (Å²) in [5.74, 6) is 1.88. The first-order valence-electron chi connectivity index (χ1n) is 9.45. The number of hydrogen-bond acceptors (Lipinski definition) is 3. The molecule has 1 aliphatic carbocycles. The number of rotatable bonds is 6. The van der Waals surface area contributed by atoms with Gasteiger partial charge in [-0.3, -0.25) is 14.6 Å². The van der Waals surface area contributed by atoms with E-state index in [2.05, 4.69) is 16.2 Å². The largest absolute Gasteiger partial charge is 0.481 e. The summed E-state index contributed by atoms with van der Waals surface area (Å²) in [6.07, 6.45) is 7.81. The average Bonchev–Trinajstić information content (AvgIpc) is 2.71. The molecule has 0 saturated carbocycles. The molecule has 2 aromatic rings. The fourth-order valence-corrected chi connectivity index (χ4v) is 3.55. The number of nitrogens with two attached hydrogens (primary N) is 1. The zero-order chi connectivity index (χ0) is 20.8. The molecule has 0 spiro atoms. The highest BCUT2D eigenvalue weighted by Gasteiger charge is 2.21. The molecule has 0 fully saturated rings. The second-order valence-corrected chi connectivity index (χ2v) is 7.13. The van der Waals surface area contributed by atoms with Crippen molar-refractivity contribution in [2.45, 2.75) is 25.7 Å². The van der Waals surface area contributed by atoms with Crippen LogP contribution in [-0.4, -0.2) is 29.4 Å². The van der Waals surface area contributed by atoms with Crippen LogP contribution in [0.25, 0.3) is 0 Å². The van der Waals surface area contributed by atoms with E-state index in [1.807, 2.05) is 18.2 Å². The van der Waals surface area contributed by atoms with Gasteiger partial charge in [-0.1, -0.05) is 24.1 Å². The second kappa shape index (κ2) is 10.5. The summed E-state index contributed by atoms with van der Waals surface area (Å²) in [5, 5.41) is 11.9. The maximum atomic E-state index is 12.6. The molecule has 1 unspecified atom stereocenters. The molecule has 156 valence electrons. The topological polar surface area (TPSA) is 105 Å². The van der Waals surface area contributed by atoms with Crippen molar-refractivity contribution in [1.82, 2.24) is 0 Å². The Bertz CT molecular complexity index is 994. The van der Waals surface area contributed by atoms with Crippen LogP contribution in [0.15, 0.2) is 47.5 Å². The van der Waals surface area contributed by atoms with Crippen molar-refractivity contribution in [3.05, 3.63) is 64.7 Å². The number of hydrogen-bond donors (Lipinski definition) is 3. The number of amides is 1. The first kappa shape index (κ1) is 23.0. The zero-order valence-electron chi connectivity index (χ0n) is 16.4. The van der Waals surface area contributed by atoms with Gasteiger partial charge in [0.25, 0.3) is 5.91 Å². The Labute approximate surface area is 182 Å². The van der Waals surface area contributed by atoms with Crippen LogP contribution in [0.2, 0.25) is 0 Å². The highest BCUT2D eigenvalue weighted by molar-refractivity contribution is 6.05. The number of carbonyl (C=O) groups excluding carboxylic acids is 1. The molecule has 4 N–H and O–H groups in total. The molecule has 2 aromatic carbocycles. The van der Waals surface area contributed by atoms with E-state index in [9.17, 15) is 9.59 Å². The number of nitrogens with zero attached hydrogens (tertiary/aromatic N) is 1. The first-order valence-corrected chi connectivity index (χ1v) is 9.45. The van der Waals surface area contributed by atoms with Gasteiger partial charge in [-0.15, -0.1) is 18.8 Å². The van der Waals surface area contributed by atoms with Gasteiger partial charge in [0.15, 0.2) is 0 Å². The van der Waals surface area contributed by atoms with Gasteiger partial charge in [0, 0.05) is 23.2 Å². The molecule has 3 rings (SSSR count). The number of aryl methyl sites for hydroxylation is 1. The molecule has 1 atom stereocenters. The van der Waals surface area contributed by atoms with Crippen molar-refractivity contribution >= 4 is 35.8 Å². The van der Waals surface area contributed by atoms with Gasteiger partial charge in [0.1, 0.15) is 12.4 Å². The van der Waals surface area contributed by atoms with E-state index in [0.29, 0.717) is 22.6 Å². The van der Waals surface area contributed by atoms with Crippen LogP contribution in [0.1, 0.15) is 39.9 Å². The number of terminal acetylenes is 1. The summed E-state index contributed by atoms with van der Waals surface area (Å²) in [4.78, 5) is 27.6. The van der Waals surface area contributed by atoms with E-state index in [4.69, 9.17) is 17.3 Å². The summed E-state index contributed by atoms with van der Waals surface area (Å²) in [7, 11) is 0. The number of carbonyl (C=O) groups is 2. The number of aliphatic imine (C=N–C) groups is 1. The summed E-state index contributed by atoms with van der Waals surface area (Å²) in [5.41, 5.74) is 10.1. The van der Waals surface area contributed by atoms with E-state index in [1.54, 1.807) is 24.3 Å². The lowest BCUT2D eigenvalue weighted by Gasteiger charge is -2.24. The van der Waals surface area contributed by atoms with E-state index >= 15 is 0 Å². The van der Waals surface area contributed by atoms with Gasteiger partial charge in [0.2, 0.25) is 0 Å². The Kier molecular flexibility index (Phi) is 8.02. The zero-order valence-corrected chi connectivity index (χ0v) is 17.2. The van der Waals surface area contributed by atoms with E-state index < -0.39 is 5.97 Å². The predicted molar refractivity (Wildman–Crippen MR) is 120 cm³/mol. The molecule has 0 saturated heterocycles. The number of aliphatic carboxylic acids is 1. The van der Waals surface area contributed by atoms with Crippen LogP contribution < -0.4 is 11.1 Å². The highest BCUT2D eigenvalue weighted by atomic mass is 35.5. The molecule has 1 amide bonds. The first-order chi connectivity index (χ1) is 14.0. The molecule has 0 aliphatic heterocycles. The van der Waals surface area contributed by atoms with E-state index in [0.717, 1.165) is 24.8 Å². The molecule has 6 nitrogen and oxygen atoms in total. The van der Waals surface area contributed by atoms with Crippen molar-refractivity contribution in [2.75, 3.05) is 11.9 Å². The van der Waals surface area contributed by atoms with Crippen LogP contribution in [0.4, 0.5) is 5.69 Å². The lowest BCUT2D eigenvalue weighted by Crippen LogP contribution is -2.18. The third kappa shape index (κ3) is 5.85. The highest BCUT2D eigenvalue weighted by Crippen LogP contribution is 2.29. The number of carboxylic acid groups (broad SMARTS) is 1. The van der Waals surface area contributed by atoms with Gasteiger partial charge >= 0.3 is 5.97 Å². The van der Waals surface area contributed by atoms with Gasteiger partial charge < -0.3 is 16.2 Å². The van der Waals surface area contributed by atoms with Gasteiger partial charge in [-0.25, -0.2) is 0 Å².